The second kappa shape index (κ2) is 9.08. The minimum Gasteiger partial charge on any atom is -0.454 e. The number of benzene rings is 5. The highest BCUT2D eigenvalue weighted by Gasteiger charge is 2.17. The van der Waals surface area contributed by atoms with Crippen molar-refractivity contribution < 1.29 is 4.42 Å². The minimum absolute atomic E-state index is 0.561. The lowest BCUT2D eigenvalue weighted by molar-refractivity contribution is 0.668. The van der Waals surface area contributed by atoms with Crippen LogP contribution in [0.5, 0.6) is 0 Å². The van der Waals surface area contributed by atoms with Crippen LogP contribution in [0.3, 0.4) is 0 Å². The fraction of sp³-hybridized carbons (Fsp3) is 0. The second-order valence-corrected chi connectivity index (χ2v) is 11.3. The molecule has 0 fully saturated rings. The van der Waals surface area contributed by atoms with Crippen molar-refractivity contribution in [3.8, 4) is 28.5 Å². The molecule has 0 aliphatic carbocycles. The van der Waals surface area contributed by atoms with Gasteiger partial charge in [0.1, 0.15) is 17.4 Å². The third kappa shape index (κ3) is 3.58. The van der Waals surface area contributed by atoms with Crippen LogP contribution < -0.4 is 0 Å². The molecule has 0 unspecified atom stereocenters. The first-order valence-electron chi connectivity index (χ1n) is 14.8. The molecular formula is C38H22N6O. The number of para-hydroxylation sites is 2. The van der Waals surface area contributed by atoms with E-state index in [1.807, 2.05) is 30.3 Å². The summed E-state index contributed by atoms with van der Waals surface area (Å²) in [6.45, 7) is 0. The van der Waals surface area contributed by atoms with Crippen LogP contribution in [0, 0.1) is 0 Å². The zero-order chi connectivity index (χ0) is 29.5. The highest BCUT2D eigenvalue weighted by atomic mass is 16.3. The van der Waals surface area contributed by atoms with Gasteiger partial charge in [-0.15, -0.1) is 0 Å². The zero-order valence-corrected chi connectivity index (χ0v) is 23.8. The molecule has 7 heteroatoms. The number of nitrogens with zero attached hydrogens (tertiary/aromatic N) is 5. The number of nitrogens with one attached hydrogen (secondary N) is 1. The van der Waals surface area contributed by atoms with Crippen molar-refractivity contribution in [1.82, 2.24) is 29.5 Å². The predicted octanol–water partition coefficient (Wildman–Crippen LogP) is 9.23. The van der Waals surface area contributed by atoms with Crippen molar-refractivity contribution in [3.63, 3.8) is 0 Å². The number of fused-ring (bicyclic) bond motifs is 9. The summed E-state index contributed by atoms with van der Waals surface area (Å²) in [5.41, 5.74) is 9.84. The van der Waals surface area contributed by atoms with Gasteiger partial charge < -0.3 is 9.40 Å². The quantitative estimate of drug-likeness (QED) is 0.226. The Hall–Kier alpha value is -6.34. The van der Waals surface area contributed by atoms with Crippen LogP contribution in [-0.4, -0.2) is 29.5 Å². The van der Waals surface area contributed by atoms with Gasteiger partial charge in [0.05, 0.1) is 11.0 Å². The number of aromatic nitrogens is 6. The van der Waals surface area contributed by atoms with Crippen molar-refractivity contribution in [3.05, 3.63) is 128 Å². The molecule has 1 N–H and O–H groups in total. The number of aromatic amines is 1. The first-order chi connectivity index (χ1) is 22.3. The van der Waals surface area contributed by atoms with E-state index in [1.54, 1.807) is 12.5 Å². The van der Waals surface area contributed by atoms with E-state index in [2.05, 4.69) is 109 Å². The van der Waals surface area contributed by atoms with Crippen molar-refractivity contribution in [2.75, 3.05) is 0 Å². The highest BCUT2D eigenvalue weighted by molar-refractivity contribution is 6.11. The Morgan fingerprint density at radius 2 is 1.31 bits per heavy atom. The molecule has 45 heavy (non-hydrogen) atoms. The van der Waals surface area contributed by atoms with E-state index >= 15 is 0 Å². The average Bonchev–Trinajstić information content (AvgIpc) is 3.77. The SMILES string of the molecule is c1ccc2c(c1)[nH]c1ccc(-c3ccc4c5ccccc5n(-c5ncnc(-c6ccc7oc8cccnc8c7c6)n5)c4c3)cc12. The maximum atomic E-state index is 5.99. The largest absolute Gasteiger partial charge is 0.454 e. The normalized spacial score (nSPS) is 12.0. The summed E-state index contributed by atoms with van der Waals surface area (Å²) in [4.78, 5) is 22.3. The molecule has 10 aromatic rings. The van der Waals surface area contributed by atoms with Crippen LogP contribution in [0.1, 0.15) is 0 Å². The summed E-state index contributed by atoms with van der Waals surface area (Å²) in [6.07, 6.45) is 3.36. The molecule has 10 rings (SSSR count). The smallest absolute Gasteiger partial charge is 0.238 e. The number of furan rings is 1. The van der Waals surface area contributed by atoms with Crippen LogP contribution in [-0.2, 0) is 0 Å². The summed E-state index contributed by atoms with van der Waals surface area (Å²) >= 11 is 0. The highest BCUT2D eigenvalue weighted by Crippen LogP contribution is 2.36. The molecule has 7 nitrogen and oxygen atoms in total. The molecule has 0 saturated carbocycles. The Bertz CT molecular complexity index is 2790. The molecule has 0 aliphatic rings. The Morgan fingerprint density at radius 1 is 0.533 bits per heavy atom. The number of hydrogen-bond donors (Lipinski definition) is 1. The summed E-state index contributed by atoms with van der Waals surface area (Å²) in [5, 5.41) is 5.65. The number of pyridine rings is 1. The fourth-order valence-corrected chi connectivity index (χ4v) is 6.66. The molecular weight excluding hydrogens is 556 g/mol. The third-order valence-electron chi connectivity index (χ3n) is 8.76. The van der Waals surface area contributed by atoms with Gasteiger partial charge in [-0.05, 0) is 71.8 Å². The van der Waals surface area contributed by atoms with E-state index in [-0.39, 0.29) is 0 Å². The van der Waals surface area contributed by atoms with Gasteiger partial charge >= 0.3 is 0 Å². The summed E-state index contributed by atoms with van der Waals surface area (Å²) in [7, 11) is 0. The van der Waals surface area contributed by atoms with E-state index in [9.17, 15) is 0 Å². The van der Waals surface area contributed by atoms with Crippen molar-refractivity contribution in [1.29, 1.82) is 0 Å². The van der Waals surface area contributed by atoms with Crippen molar-refractivity contribution >= 4 is 65.7 Å². The van der Waals surface area contributed by atoms with E-state index in [0.29, 0.717) is 11.8 Å². The van der Waals surface area contributed by atoms with Crippen molar-refractivity contribution in [2.24, 2.45) is 0 Å². The summed E-state index contributed by atoms with van der Waals surface area (Å²) in [5.74, 6) is 1.14. The van der Waals surface area contributed by atoms with Crippen LogP contribution in [0.25, 0.3) is 94.1 Å². The molecule has 0 spiro atoms. The number of hydrogen-bond acceptors (Lipinski definition) is 5. The Balaban J connectivity index is 1.16. The van der Waals surface area contributed by atoms with E-state index in [0.717, 1.165) is 71.6 Å². The van der Waals surface area contributed by atoms with Crippen LogP contribution in [0.4, 0.5) is 0 Å². The number of rotatable bonds is 3. The van der Waals surface area contributed by atoms with Crippen LogP contribution >= 0.6 is 0 Å². The standard InChI is InChI=1S/C38H22N6O/c1-3-8-30-25(6-1)28-18-22(12-15-31(28)42-30)23-11-14-27-26-7-2-4-9-32(26)44(33(27)20-23)38-41-21-40-37(43-38)24-13-16-34-29(19-24)36-35(45-34)10-5-17-39-36/h1-21,42H. The maximum absolute atomic E-state index is 5.99. The monoisotopic (exact) mass is 578 g/mol. The van der Waals surface area contributed by atoms with Gasteiger partial charge in [-0.3, -0.25) is 9.55 Å². The topological polar surface area (TPSA) is 85.4 Å². The lowest BCUT2D eigenvalue weighted by atomic mass is 10.0. The Labute approximate surface area is 255 Å². The van der Waals surface area contributed by atoms with Gasteiger partial charge in [-0.2, -0.15) is 4.98 Å². The lowest BCUT2D eigenvalue weighted by Gasteiger charge is -2.09. The molecule has 210 valence electrons. The summed E-state index contributed by atoms with van der Waals surface area (Å²) < 4.78 is 8.12. The van der Waals surface area contributed by atoms with Gasteiger partial charge in [0.15, 0.2) is 11.4 Å². The third-order valence-corrected chi connectivity index (χ3v) is 8.76. The molecule has 5 aromatic carbocycles. The van der Waals surface area contributed by atoms with Crippen LogP contribution in [0.2, 0.25) is 0 Å². The molecule has 5 aromatic heterocycles. The van der Waals surface area contributed by atoms with Gasteiger partial charge in [0, 0.05) is 49.7 Å². The lowest BCUT2D eigenvalue weighted by Crippen LogP contribution is -2.03. The molecule has 0 bridgehead atoms. The Kier molecular flexibility index (Phi) is 4.87. The van der Waals surface area contributed by atoms with Gasteiger partial charge in [-0.1, -0.05) is 54.6 Å². The van der Waals surface area contributed by atoms with Crippen LogP contribution in [0.15, 0.2) is 132 Å². The molecule has 0 amide bonds. The molecule has 0 radical (unpaired) electrons. The van der Waals surface area contributed by atoms with Gasteiger partial charge in [0.2, 0.25) is 5.95 Å². The molecule has 0 aliphatic heterocycles. The molecule has 5 heterocycles. The Morgan fingerprint density at radius 3 is 2.29 bits per heavy atom. The van der Waals surface area contributed by atoms with E-state index < -0.39 is 0 Å². The van der Waals surface area contributed by atoms with Crippen molar-refractivity contribution in [2.45, 2.75) is 0 Å². The summed E-state index contributed by atoms with van der Waals surface area (Å²) in [6, 6.07) is 39.9. The molecule has 0 atom stereocenters. The first-order valence-corrected chi connectivity index (χ1v) is 14.8. The molecule has 0 saturated heterocycles. The first kappa shape index (κ1) is 24.1. The average molecular weight is 579 g/mol. The van der Waals surface area contributed by atoms with Gasteiger partial charge in [-0.25, -0.2) is 9.97 Å². The zero-order valence-electron chi connectivity index (χ0n) is 23.8. The minimum atomic E-state index is 0.561. The van der Waals surface area contributed by atoms with E-state index in [1.165, 1.54) is 10.8 Å². The predicted molar refractivity (Wildman–Crippen MR) is 179 cm³/mol. The van der Waals surface area contributed by atoms with Gasteiger partial charge in [0.25, 0.3) is 0 Å². The second-order valence-electron chi connectivity index (χ2n) is 11.3. The fourth-order valence-electron chi connectivity index (χ4n) is 6.66. The number of H-pyrrole nitrogens is 1. The maximum Gasteiger partial charge on any atom is 0.238 e. The van der Waals surface area contributed by atoms with E-state index in [4.69, 9.17) is 9.40 Å².